The maximum Gasteiger partial charge on any atom is 0.416 e. The third kappa shape index (κ3) is 4.38. The molecule has 0 aliphatic carbocycles. The molecule has 3 rings (SSSR count). The molecule has 2 heterocycles. The van der Waals surface area contributed by atoms with Crippen LogP contribution < -0.4 is 5.73 Å². The summed E-state index contributed by atoms with van der Waals surface area (Å²) < 4.78 is 39.0. The van der Waals surface area contributed by atoms with Crippen LogP contribution in [0.2, 0.25) is 0 Å². The lowest BCUT2D eigenvalue weighted by Gasteiger charge is -2.08. The van der Waals surface area contributed by atoms with Gasteiger partial charge in [0, 0.05) is 11.8 Å². The van der Waals surface area contributed by atoms with Gasteiger partial charge in [-0.3, -0.25) is 9.78 Å². The Balaban J connectivity index is 0.00000300. The summed E-state index contributed by atoms with van der Waals surface area (Å²) in [6, 6.07) is 5.75. The third-order valence-corrected chi connectivity index (χ3v) is 5.07. The molecule has 11 heteroatoms. The van der Waals surface area contributed by atoms with Gasteiger partial charge in [-0.2, -0.15) is 13.2 Å². The molecule has 1 amide bonds. The first kappa shape index (κ1) is 22.3. The number of alkyl halides is 3. The number of aromatic carboxylic acids is 1. The summed E-state index contributed by atoms with van der Waals surface area (Å²) in [6.07, 6.45) is -3.24. The Morgan fingerprint density at radius 1 is 1.21 bits per heavy atom. The van der Waals surface area contributed by atoms with Gasteiger partial charge in [-0.25, -0.2) is 9.78 Å². The molecule has 0 bridgehead atoms. The number of carboxylic acids is 1. The third-order valence-electron chi connectivity index (χ3n) is 3.95. The van der Waals surface area contributed by atoms with E-state index in [4.69, 9.17) is 5.73 Å². The van der Waals surface area contributed by atoms with E-state index in [1.165, 1.54) is 24.4 Å². The van der Waals surface area contributed by atoms with E-state index in [-0.39, 0.29) is 39.1 Å². The van der Waals surface area contributed by atoms with Gasteiger partial charge in [0.15, 0.2) is 5.69 Å². The molecule has 0 fully saturated rings. The van der Waals surface area contributed by atoms with Crippen LogP contribution in [0.4, 0.5) is 13.2 Å². The van der Waals surface area contributed by atoms with E-state index in [2.05, 4.69) is 9.97 Å². The SMILES string of the molecule is Cc1c(C(N)=O)ccnc1-c1nc(C(=O)O)c(-c2cccc(C(F)(F)F)c2)s1.Cl. The van der Waals surface area contributed by atoms with Crippen LogP contribution in [0, 0.1) is 6.92 Å². The van der Waals surface area contributed by atoms with Crippen LogP contribution >= 0.6 is 23.7 Å². The summed E-state index contributed by atoms with van der Waals surface area (Å²) in [5.74, 6) is -2.08. The Bertz CT molecular complexity index is 1100. The number of carbonyl (C=O) groups excluding carboxylic acids is 1. The molecule has 2 aromatic heterocycles. The minimum atomic E-state index is -4.57. The smallest absolute Gasteiger partial charge is 0.416 e. The molecule has 0 atom stereocenters. The highest BCUT2D eigenvalue weighted by atomic mass is 35.5. The number of hydrogen-bond donors (Lipinski definition) is 2. The topological polar surface area (TPSA) is 106 Å². The Morgan fingerprint density at radius 3 is 2.48 bits per heavy atom. The number of primary amides is 1. The molecule has 3 aromatic rings. The summed E-state index contributed by atoms with van der Waals surface area (Å²) >= 11 is 0.874. The largest absolute Gasteiger partial charge is 0.476 e. The van der Waals surface area contributed by atoms with Crippen molar-refractivity contribution < 1.29 is 27.9 Å². The molecule has 3 N–H and O–H groups in total. The van der Waals surface area contributed by atoms with Crippen LogP contribution in [0.3, 0.4) is 0 Å². The number of carbonyl (C=O) groups is 2. The van der Waals surface area contributed by atoms with Crippen molar-refractivity contribution in [3.8, 4) is 21.1 Å². The molecule has 152 valence electrons. The van der Waals surface area contributed by atoms with Gasteiger partial charge < -0.3 is 10.8 Å². The van der Waals surface area contributed by atoms with Gasteiger partial charge >= 0.3 is 12.1 Å². The maximum absolute atomic E-state index is 13.0. The molecular formula is C18H13ClF3N3O3S. The van der Waals surface area contributed by atoms with Gasteiger partial charge in [0.05, 0.1) is 10.4 Å². The fourth-order valence-corrected chi connectivity index (χ4v) is 3.72. The van der Waals surface area contributed by atoms with Gasteiger partial charge in [-0.15, -0.1) is 23.7 Å². The number of nitrogens with two attached hydrogens (primary N) is 1. The zero-order valence-corrected chi connectivity index (χ0v) is 16.3. The standard InChI is InChI=1S/C18H12F3N3O3S.ClH/c1-8-11(15(22)25)5-6-23-12(8)16-24-13(17(26)27)14(28-16)9-3-2-4-10(7-9)18(19,20)21;/h2-7H,1H3,(H2,22,25)(H,26,27);1H. The van der Waals surface area contributed by atoms with Crippen LogP contribution in [0.25, 0.3) is 21.1 Å². The zero-order valence-electron chi connectivity index (χ0n) is 14.6. The van der Waals surface area contributed by atoms with Crippen molar-refractivity contribution >= 4 is 35.6 Å². The monoisotopic (exact) mass is 443 g/mol. The second-order valence-electron chi connectivity index (χ2n) is 5.78. The lowest BCUT2D eigenvalue weighted by Crippen LogP contribution is -2.13. The molecule has 0 radical (unpaired) electrons. The molecule has 6 nitrogen and oxygen atoms in total. The normalized spacial score (nSPS) is 11.0. The summed E-state index contributed by atoms with van der Waals surface area (Å²) in [7, 11) is 0. The minimum Gasteiger partial charge on any atom is -0.476 e. The second-order valence-corrected chi connectivity index (χ2v) is 6.78. The highest BCUT2D eigenvalue weighted by Crippen LogP contribution is 2.38. The van der Waals surface area contributed by atoms with E-state index < -0.39 is 29.3 Å². The van der Waals surface area contributed by atoms with Crippen LogP contribution in [0.1, 0.15) is 32.0 Å². The van der Waals surface area contributed by atoms with Crippen molar-refractivity contribution in [2.75, 3.05) is 0 Å². The Hall–Kier alpha value is -2.98. The average molecular weight is 444 g/mol. The highest BCUT2D eigenvalue weighted by Gasteiger charge is 2.31. The van der Waals surface area contributed by atoms with Crippen molar-refractivity contribution in [3.63, 3.8) is 0 Å². The Morgan fingerprint density at radius 2 is 1.90 bits per heavy atom. The van der Waals surface area contributed by atoms with Crippen molar-refractivity contribution in [1.82, 2.24) is 9.97 Å². The predicted octanol–water partition coefficient (Wildman–Crippen LogP) is 4.42. The minimum absolute atomic E-state index is 0. The van der Waals surface area contributed by atoms with Crippen molar-refractivity contribution in [3.05, 3.63) is 58.9 Å². The fourth-order valence-electron chi connectivity index (χ4n) is 2.62. The highest BCUT2D eigenvalue weighted by molar-refractivity contribution is 7.18. The fraction of sp³-hybridized carbons (Fsp3) is 0.111. The molecule has 29 heavy (non-hydrogen) atoms. The van der Waals surface area contributed by atoms with Crippen molar-refractivity contribution in [2.45, 2.75) is 13.1 Å². The number of thiazole rings is 1. The van der Waals surface area contributed by atoms with Crippen LogP contribution in [0.15, 0.2) is 36.5 Å². The van der Waals surface area contributed by atoms with Crippen LogP contribution in [0.5, 0.6) is 0 Å². The van der Waals surface area contributed by atoms with Crippen molar-refractivity contribution in [2.24, 2.45) is 5.73 Å². The van der Waals surface area contributed by atoms with Crippen LogP contribution in [-0.4, -0.2) is 27.0 Å². The second kappa shape index (κ2) is 8.18. The van der Waals surface area contributed by atoms with E-state index in [1.54, 1.807) is 6.92 Å². The van der Waals surface area contributed by atoms with E-state index in [0.29, 0.717) is 5.56 Å². The van der Waals surface area contributed by atoms with Gasteiger partial charge in [-0.05, 0) is 36.2 Å². The molecular weight excluding hydrogens is 431 g/mol. The van der Waals surface area contributed by atoms with Gasteiger partial charge in [0.2, 0.25) is 5.91 Å². The summed E-state index contributed by atoms with van der Waals surface area (Å²) in [4.78, 5) is 31.3. The van der Waals surface area contributed by atoms with Gasteiger partial charge in [0.25, 0.3) is 0 Å². The van der Waals surface area contributed by atoms with Gasteiger partial charge in [0.1, 0.15) is 10.7 Å². The lowest BCUT2D eigenvalue weighted by atomic mass is 10.1. The summed E-state index contributed by atoms with van der Waals surface area (Å²) in [5.41, 5.74) is 4.91. The number of rotatable bonds is 4. The quantitative estimate of drug-likeness (QED) is 0.621. The number of benzene rings is 1. The first-order valence-corrected chi connectivity index (χ1v) is 8.58. The first-order chi connectivity index (χ1) is 13.1. The first-order valence-electron chi connectivity index (χ1n) is 7.77. The number of hydrogen-bond acceptors (Lipinski definition) is 5. The van der Waals surface area contributed by atoms with Crippen molar-refractivity contribution in [1.29, 1.82) is 0 Å². The summed E-state index contributed by atoms with van der Waals surface area (Å²) in [6.45, 7) is 1.58. The summed E-state index contributed by atoms with van der Waals surface area (Å²) in [5, 5.41) is 9.61. The number of halogens is 4. The number of amides is 1. The predicted molar refractivity (Wildman–Crippen MR) is 103 cm³/mol. The number of nitrogens with zero attached hydrogens (tertiary/aromatic N) is 2. The number of pyridine rings is 1. The van der Waals surface area contributed by atoms with E-state index in [9.17, 15) is 27.9 Å². The van der Waals surface area contributed by atoms with E-state index in [1.807, 2.05) is 0 Å². The Kier molecular flexibility index (Phi) is 6.29. The zero-order chi connectivity index (χ0) is 20.6. The molecule has 0 saturated carbocycles. The Labute approximate surface area is 172 Å². The molecule has 0 aliphatic rings. The average Bonchev–Trinajstić information content (AvgIpc) is 3.06. The van der Waals surface area contributed by atoms with Crippen LogP contribution in [-0.2, 0) is 6.18 Å². The maximum atomic E-state index is 13.0. The number of aromatic nitrogens is 2. The van der Waals surface area contributed by atoms with E-state index in [0.717, 1.165) is 23.5 Å². The lowest BCUT2D eigenvalue weighted by molar-refractivity contribution is -0.137. The molecule has 1 aromatic carbocycles. The van der Waals surface area contributed by atoms with Gasteiger partial charge in [-0.1, -0.05) is 12.1 Å². The molecule has 0 aliphatic heterocycles. The molecule has 0 spiro atoms. The van der Waals surface area contributed by atoms with E-state index >= 15 is 0 Å². The number of carboxylic acid groups (broad SMARTS) is 1. The molecule has 0 saturated heterocycles. The molecule has 0 unspecified atom stereocenters.